The van der Waals surface area contributed by atoms with Crippen LogP contribution >= 0.6 is 0 Å². The van der Waals surface area contributed by atoms with Crippen LogP contribution < -0.4 is 10.6 Å². The predicted octanol–water partition coefficient (Wildman–Crippen LogP) is 3.60. The number of amides is 3. The van der Waals surface area contributed by atoms with E-state index in [-0.39, 0.29) is 11.9 Å². The Kier molecular flexibility index (Phi) is 4.57. The molecule has 128 valence electrons. The van der Waals surface area contributed by atoms with E-state index in [1.165, 1.54) is 4.90 Å². The van der Waals surface area contributed by atoms with Crippen molar-refractivity contribution < 1.29 is 9.59 Å². The largest absolute Gasteiger partial charge is 0.327 e. The first-order chi connectivity index (χ1) is 12.0. The highest BCUT2D eigenvalue weighted by Crippen LogP contribution is 2.30. The summed E-state index contributed by atoms with van der Waals surface area (Å²) in [5.74, 6) is -0.215. The fourth-order valence-corrected chi connectivity index (χ4v) is 2.93. The summed E-state index contributed by atoms with van der Waals surface area (Å²) in [6, 6.07) is 16.4. The molecule has 3 rings (SSSR count). The van der Waals surface area contributed by atoms with Gasteiger partial charge in [0.1, 0.15) is 0 Å². The van der Waals surface area contributed by atoms with Gasteiger partial charge in [0.05, 0.1) is 11.6 Å². The molecule has 1 aliphatic heterocycles. The molecule has 3 amide bonds. The molecule has 0 aliphatic carbocycles. The molecule has 1 heterocycles. The number of allylic oxidation sites excluding steroid dienone is 1. The van der Waals surface area contributed by atoms with Crippen molar-refractivity contribution in [2.24, 2.45) is 0 Å². The lowest BCUT2D eigenvalue weighted by atomic mass is 9.94. The van der Waals surface area contributed by atoms with E-state index in [1.807, 2.05) is 61.5 Å². The number of para-hydroxylation sites is 1. The molecule has 0 unspecified atom stereocenters. The van der Waals surface area contributed by atoms with Crippen LogP contribution in [0.3, 0.4) is 0 Å². The smallest absolute Gasteiger partial charge is 0.322 e. The summed E-state index contributed by atoms with van der Waals surface area (Å²) in [7, 11) is 1.66. The average molecular weight is 335 g/mol. The highest BCUT2D eigenvalue weighted by Gasteiger charge is 2.34. The second-order valence-corrected chi connectivity index (χ2v) is 6.12. The Hall–Kier alpha value is -3.08. The van der Waals surface area contributed by atoms with Crippen LogP contribution in [0.5, 0.6) is 0 Å². The van der Waals surface area contributed by atoms with Crippen molar-refractivity contribution in [3.8, 4) is 0 Å². The predicted molar refractivity (Wildman–Crippen MR) is 98.0 cm³/mol. The van der Waals surface area contributed by atoms with Gasteiger partial charge in [0.15, 0.2) is 0 Å². The quantitative estimate of drug-likeness (QED) is 0.900. The number of nitrogens with one attached hydrogen (secondary N) is 2. The van der Waals surface area contributed by atoms with Gasteiger partial charge in [0, 0.05) is 18.4 Å². The monoisotopic (exact) mass is 335 g/mol. The molecular weight excluding hydrogens is 314 g/mol. The molecule has 0 aromatic heterocycles. The SMILES string of the molecule is CC1=C(C(=O)Nc2ccccc2C)[C@@H](c2ccccc2)NC(=O)N1C. The zero-order valence-electron chi connectivity index (χ0n) is 14.5. The number of carbonyl (C=O) groups is 2. The van der Waals surface area contributed by atoms with Crippen LogP contribution in [0.4, 0.5) is 10.5 Å². The van der Waals surface area contributed by atoms with Gasteiger partial charge < -0.3 is 15.5 Å². The van der Waals surface area contributed by atoms with Gasteiger partial charge >= 0.3 is 6.03 Å². The van der Waals surface area contributed by atoms with Crippen LogP contribution in [0, 0.1) is 6.92 Å². The van der Waals surface area contributed by atoms with Crippen molar-refractivity contribution in [2.75, 3.05) is 12.4 Å². The molecule has 2 aromatic carbocycles. The maximum absolute atomic E-state index is 13.0. The molecular formula is C20H21N3O2. The lowest BCUT2D eigenvalue weighted by molar-refractivity contribution is -0.113. The Balaban J connectivity index is 2.00. The Morgan fingerprint density at radius 3 is 2.36 bits per heavy atom. The lowest BCUT2D eigenvalue weighted by Gasteiger charge is -2.33. The van der Waals surface area contributed by atoms with Gasteiger partial charge in [-0.3, -0.25) is 4.79 Å². The van der Waals surface area contributed by atoms with E-state index in [1.54, 1.807) is 14.0 Å². The third kappa shape index (κ3) is 3.26. The molecule has 0 saturated carbocycles. The number of nitrogens with zero attached hydrogens (tertiary/aromatic N) is 1. The van der Waals surface area contributed by atoms with Crippen molar-refractivity contribution in [3.05, 3.63) is 77.0 Å². The highest BCUT2D eigenvalue weighted by molar-refractivity contribution is 6.07. The van der Waals surface area contributed by atoms with E-state index in [0.717, 1.165) is 16.8 Å². The van der Waals surface area contributed by atoms with Crippen LogP contribution in [0.25, 0.3) is 0 Å². The Morgan fingerprint density at radius 2 is 1.68 bits per heavy atom. The molecule has 5 nitrogen and oxygen atoms in total. The number of carbonyl (C=O) groups excluding carboxylic acids is 2. The van der Waals surface area contributed by atoms with E-state index in [0.29, 0.717) is 11.3 Å². The molecule has 1 aliphatic rings. The Labute approximate surface area is 147 Å². The minimum atomic E-state index is -0.478. The lowest BCUT2D eigenvalue weighted by Crippen LogP contribution is -2.46. The van der Waals surface area contributed by atoms with Crippen LogP contribution in [-0.2, 0) is 4.79 Å². The van der Waals surface area contributed by atoms with E-state index < -0.39 is 6.04 Å². The van der Waals surface area contributed by atoms with Crippen molar-refractivity contribution in [2.45, 2.75) is 19.9 Å². The summed E-state index contributed by atoms with van der Waals surface area (Å²) in [6.07, 6.45) is 0. The van der Waals surface area contributed by atoms with Crippen molar-refractivity contribution in [3.63, 3.8) is 0 Å². The molecule has 2 aromatic rings. The van der Waals surface area contributed by atoms with Crippen molar-refractivity contribution in [1.29, 1.82) is 0 Å². The van der Waals surface area contributed by atoms with Gasteiger partial charge in [-0.1, -0.05) is 48.5 Å². The third-order valence-corrected chi connectivity index (χ3v) is 4.52. The van der Waals surface area contributed by atoms with Gasteiger partial charge in [-0.05, 0) is 31.0 Å². The normalized spacial score (nSPS) is 17.3. The number of hydrogen-bond acceptors (Lipinski definition) is 2. The third-order valence-electron chi connectivity index (χ3n) is 4.52. The van der Waals surface area contributed by atoms with Gasteiger partial charge in [-0.2, -0.15) is 0 Å². The van der Waals surface area contributed by atoms with Crippen LogP contribution in [0.1, 0.15) is 24.1 Å². The second-order valence-electron chi connectivity index (χ2n) is 6.12. The molecule has 0 radical (unpaired) electrons. The molecule has 0 spiro atoms. The summed E-state index contributed by atoms with van der Waals surface area (Å²) in [5.41, 5.74) is 3.80. The van der Waals surface area contributed by atoms with Crippen molar-refractivity contribution >= 4 is 17.6 Å². The van der Waals surface area contributed by atoms with E-state index >= 15 is 0 Å². The van der Waals surface area contributed by atoms with Gasteiger partial charge in [-0.15, -0.1) is 0 Å². The van der Waals surface area contributed by atoms with E-state index in [9.17, 15) is 9.59 Å². The minimum absolute atomic E-state index is 0.215. The molecule has 0 fully saturated rings. The number of aryl methyl sites for hydroxylation is 1. The first kappa shape index (κ1) is 16.8. The number of anilines is 1. The van der Waals surface area contributed by atoms with Gasteiger partial charge in [-0.25, -0.2) is 4.79 Å². The Morgan fingerprint density at radius 1 is 1.04 bits per heavy atom. The first-order valence-electron chi connectivity index (χ1n) is 8.16. The molecule has 2 N–H and O–H groups in total. The molecule has 1 atom stereocenters. The first-order valence-corrected chi connectivity index (χ1v) is 8.16. The molecule has 25 heavy (non-hydrogen) atoms. The number of urea groups is 1. The fourth-order valence-electron chi connectivity index (χ4n) is 2.93. The molecule has 5 heteroatoms. The summed E-state index contributed by atoms with van der Waals surface area (Å²) < 4.78 is 0. The van der Waals surface area contributed by atoms with E-state index in [2.05, 4.69) is 10.6 Å². The van der Waals surface area contributed by atoms with E-state index in [4.69, 9.17) is 0 Å². The zero-order valence-corrected chi connectivity index (χ0v) is 14.5. The second kappa shape index (κ2) is 6.81. The Bertz CT molecular complexity index is 843. The minimum Gasteiger partial charge on any atom is -0.327 e. The molecule has 0 saturated heterocycles. The summed E-state index contributed by atoms with van der Waals surface area (Å²) >= 11 is 0. The average Bonchev–Trinajstić information content (AvgIpc) is 2.62. The number of hydrogen-bond donors (Lipinski definition) is 2. The fraction of sp³-hybridized carbons (Fsp3) is 0.200. The van der Waals surface area contributed by atoms with Crippen LogP contribution in [0.15, 0.2) is 65.9 Å². The van der Waals surface area contributed by atoms with Crippen LogP contribution in [0.2, 0.25) is 0 Å². The maximum Gasteiger partial charge on any atom is 0.322 e. The standard InChI is InChI=1S/C20H21N3O2/c1-13-9-7-8-12-16(13)21-19(24)17-14(2)23(3)20(25)22-18(17)15-10-5-4-6-11-15/h4-12,18H,1-3H3,(H,21,24)(H,22,25)/t18-/m1/s1. The zero-order chi connectivity index (χ0) is 18.0. The summed E-state index contributed by atoms with van der Waals surface area (Å²) in [6.45, 7) is 3.74. The summed E-state index contributed by atoms with van der Waals surface area (Å²) in [5, 5.41) is 5.88. The number of rotatable bonds is 3. The van der Waals surface area contributed by atoms with Crippen LogP contribution in [-0.4, -0.2) is 23.9 Å². The van der Waals surface area contributed by atoms with Crippen molar-refractivity contribution in [1.82, 2.24) is 10.2 Å². The topological polar surface area (TPSA) is 61.4 Å². The molecule has 0 bridgehead atoms. The van der Waals surface area contributed by atoms with Gasteiger partial charge in [0.2, 0.25) is 0 Å². The maximum atomic E-state index is 13.0. The summed E-state index contributed by atoms with van der Waals surface area (Å²) in [4.78, 5) is 26.7. The van der Waals surface area contributed by atoms with Gasteiger partial charge in [0.25, 0.3) is 5.91 Å². The highest BCUT2D eigenvalue weighted by atomic mass is 16.2. The number of benzene rings is 2.